The van der Waals surface area contributed by atoms with Crippen LogP contribution in [0, 0.1) is 11.3 Å². The number of likely N-dealkylation sites (tertiary alicyclic amines) is 1. The van der Waals surface area contributed by atoms with E-state index in [0.29, 0.717) is 46.4 Å². The number of esters is 1. The highest BCUT2D eigenvalue weighted by molar-refractivity contribution is 6.34. The van der Waals surface area contributed by atoms with Crippen LogP contribution in [0.5, 0.6) is 11.5 Å². The maximum Gasteiger partial charge on any atom is 0.407 e. The molecule has 0 aliphatic carbocycles. The summed E-state index contributed by atoms with van der Waals surface area (Å²) in [6.07, 6.45) is -2.42. The average molecular weight is 700 g/mol. The molecule has 0 bridgehead atoms. The molecule has 2 N–H and O–H groups in total. The van der Waals surface area contributed by atoms with Crippen molar-refractivity contribution in [2.75, 3.05) is 31.1 Å². The molecule has 0 saturated carbocycles. The fourth-order valence-corrected chi connectivity index (χ4v) is 6.19. The summed E-state index contributed by atoms with van der Waals surface area (Å²) in [5.74, 6) is -0.0246. The van der Waals surface area contributed by atoms with E-state index < -0.39 is 23.7 Å². The number of hydrogen-bond donors (Lipinski definition) is 2. The Morgan fingerprint density at radius 3 is 2.42 bits per heavy atom. The van der Waals surface area contributed by atoms with Crippen molar-refractivity contribution < 1.29 is 38.5 Å². The summed E-state index contributed by atoms with van der Waals surface area (Å²) in [4.78, 5) is 53.4. The van der Waals surface area contributed by atoms with Gasteiger partial charge in [0.15, 0.2) is 6.10 Å². The number of fused-ring (bicyclic) bond motifs is 2. The predicted molar refractivity (Wildman–Crippen MR) is 189 cm³/mol. The summed E-state index contributed by atoms with van der Waals surface area (Å²) in [6, 6.07) is 24.0. The van der Waals surface area contributed by atoms with Gasteiger partial charge in [-0.15, -0.1) is 0 Å². The molecule has 260 valence electrons. The van der Waals surface area contributed by atoms with Gasteiger partial charge in [0.2, 0.25) is 0 Å². The summed E-state index contributed by atoms with van der Waals surface area (Å²) in [5, 5.41) is 14.1. The third-order valence-corrected chi connectivity index (χ3v) is 8.97. The Hall–Kier alpha value is -5.29. The van der Waals surface area contributed by atoms with Crippen LogP contribution >= 0.6 is 11.6 Å². The summed E-state index contributed by atoms with van der Waals surface area (Å²) in [5.41, 5.74) is 1.90. The number of amides is 3. The molecule has 1 saturated heterocycles. The molecule has 12 heteroatoms. The van der Waals surface area contributed by atoms with Crippen LogP contribution in [0.15, 0.2) is 78.9 Å². The number of carbonyl (C=O) groups is 4. The normalized spacial score (nSPS) is 15.9. The molecule has 2 heterocycles. The van der Waals surface area contributed by atoms with Crippen LogP contribution in [0.25, 0.3) is 21.9 Å². The van der Waals surface area contributed by atoms with Crippen molar-refractivity contribution in [1.29, 1.82) is 0 Å². The Kier molecular flexibility index (Phi) is 9.88. The lowest BCUT2D eigenvalue weighted by molar-refractivity contribution is -0.143. The van der Waals surface area contributed by atoms with Crippen LogP contribution in [0.2, 0.25) is 5.02 Å². The van der Waals surface area contributed by atoms with Gasteiger partial charge in [-0.3, -0.25) is 9.59 Å². The molecule has 4 aromatic rings. The molecule has 1 unspecified atom stereocenters. The van der Waals surface area contributed by atoms with Crippen LogP contribution in [0.3, 0.4) is 0 Å². The van der Waals surface area contributed by atoms with E-state index in [1.54, 1.807) is 49.9 Å². The number of carbonyl (C=O) groups excluding carboxylic acids is 3. The van der Waals surface area contributed by atoms with E-state index in [0.717, 1.165) is 16.3 Å². The van der Waals surface area contributed by atoms with Gasteiger partial charge in [0.25, 0.3) is 5.91 Å². The second kappa shape index (κ2) is 14.3. The number of nitrogens with zero attached hydrogens (tertiary/aromatic N) is 2. The molecule has 2 aliphatic rings. The van der Waals surface area contributed by atoms with Crippen molar-refractivity contribution >= 4 is 52.1 Å². The summed E-state index contributed by atoms with van der Waals surface area (Å²) < 4.78 is 17.4. The molecular formula is C38H38ClN3O8. The quantitative estimate of drug-likeness (QED) is 0.139. The van der Waals surface area contributed by atoms with Crippen molar-refractivity contribution in [3.05, 3.63) is 89.4 Å². The van der Waals surface area contributed by atoms with Gasteiger partial charge in [0.05, 0.1) is 16.1 Å². The van der Waals surface area contributed by atoms with E-state index in [1.165, 1.54) is 4.90 Å². The maximum atomic E-state index is 13.9. The van der Waals surface area contributed by atoms with E-state index in [4.69, 9.17) is 25.8 Å². The maximum absolute atomic E-state index is 13.9. The molecule has 3 amide bonds. The first-order chi connectivity index (χ1) is 23.9. The molecule has 0 aromatic heterocycles. The highest BCUT2D eigenvalue weighted by Crippen LogP contribution is 2.45. The van der Waals surface area contributed by atoms with Gasteiger partial charge in [-0.05, 0) is 66.9 Å². The number of halogens is 1. The second-order valence-electron chi connectivity index (χ2n) is 13.5. The lowest BCUT2D eigenvalue weighted by Crippen LogP contribution is -2.56. The molecule has 6 rings (SSSR count). The highest BCUT2D eigenvalue weighted by atomic mass is 35.5. The van der Waals surface area contributed by atoms with E-state index in [1.807, 2.05) is 54.6 Å². The van der Waals surface area contributed by atoms with Crippen LogP contribution in [0.4, 0.5) is 15.3 Å². The van der Waals surface area contributed by atoms with Crippen LogP contribution < -0.4 is 19.7 Å². The van der Waals surface area contributed by atoms with E-state index in [2.05, 4.69) is 5.32 Å². The molecular weight excluding hydrogens is 662 g/mol. The van der Waals surface area contributed by atoms with Gasteiger partial charge in [0.1, 0.15) is 18.1 Å². The third-order valence-electron chi connectivity index (χ3n) is 8.66. The minimum Gasteiger partial charge on any atom is -0.478 e. The van der Waals surface area contributed by atoms with Crippen molar-refractivity contribution in [1.82, 2.24) is 10.2 Å². The first-order valence-electron chi connectivity index (χ1n) is 16.4. The lowest BCUT2D eigenvalue weighted by Gasteiger charge is -2.42. The van der Waals surface area contributed by atoms with Gasteiger partial charge in [0, 0.05) is 44.1 Å². The average Bonchev–Trinajstić information content (AvgIpc) is 3.06. The summed E-state index contributed by atoms with van der Waals surface area (Å²) in [7, 11) is 0. The third kappa shape index (κ3) is 7.63. The number of anilines is 1. The molecule has 11 nitrogen and oxygen atoms in total. The molecule has 0 spiro atoms. The molecule has 2 aliphatic heterocycles. The zero-order chi connectivity index (χ0) is 35.6. The Balaban J connectivity index is 1.28. The SMILES string of the molecule is CC(C)(C)C(=O)Oc1cc(-c2cc3c(cc2Cl)N(CC2CN(C(=O)O)C2)C(=O)C(CCNC(=O)OCc2ccccc2)O3)c2ccccc2c1. The zero-order valence-corrected chi connectivity index (χ0v) is 28.7. The first kappa shape index (κ1) is 34.6. The Morgan fingerprint density at radius 2 is 1.70 bits per heavy atom. The number of alkyl carbamates (subject to hydrolysis) is 1. The highest BCUT2D eigenvalue weighted by Gasteiger charge is 2.39. The number of rotatable bonds is 9. The summed E-state index contributed by atoms with van der Waals surface area (Å²) in [6.45, 7) is 6.42. The largest absolute Gasteiger partial charge is 0.478 e. The van der Waals surface area contributed by atoms with Gasteiger partial charge in [-0.25, -0.2) is 9.59 Å². The number of hydrogen-bond acceptors (Lipinski definition) is 7. The van der Waals surface area contributed by atoms with Crippen molar-refractivity contribution in [2.45, 2.75) is 39.9 Å². The minimum absolute atomic E-state index is 0.0793. The number of ether oxygens (including phenoxy) is 3. The Labute approximate surface area is 294 Å². The van der Waals surface area contributed by atoms with Crippen molar-refractivity contribution in [2.24, 2.45) is 11.3 Å². The topological polar surface area (TPSA) is 135 Å². The fourth-order valence-electron chi connectivity index (χ4n) is 5.93. The van der Waals surface area contributed by atoms with Gasteiger partial charge in [-0.1, -0.05) is 66.2 Å². The van der Waals surface area contributed by atoms with Gasteiger partial charge in [-0.2, -0.15) is 0 Å². The van der Waals surface area contributed by atoms with Gasteiger partial charge < -0.3 is 34.4 Å². The van der Waals surface area contributed by atoms with Crippen molar-refractivity contribution in [3.63, 3.8) is 0 Å². The molecule has 0 radical (unpaired) electrons. The number of carboxylic acid groups (broad SMARTS) is 1. The van der Waals surface area contributed by atoms with E-state index in [-0.39, 0.29) is 43.9 Å². The van der Waals surface area contributed by atoms with Gasteiger partial charge >= 0.3 is 18.2 Å². The first-order valence-corrected chi connectivity index (χ1v) is 16.7. The van der Waals surface area contributed by atoms with Crippen LogP contribution in [-0.4, -0.2) is 66.4 Å². The molecule has 1 fully saturated rings. The lowest BCUT2D eigenvalue weighted by atomic mass is 9.95. The Morgan fingerprint density at radius 1 is 0.980 bits per heavy atom. The molecule has 4 aromatic carbocycles. The predicted octanol–water partition coefficient (Wildman–Crippen LogP) is 7.13. The molecule has 1 atom stereocenters. The van der Waals surface area contributed by atoms with Crippen LogP contribution in [0.1, 0.15) is 32.8 Å². The Bertz CT molecular complexity index is 1940. The zero-order valence-electron chi connectivity index (χ0n) is 28.0. The van der Waals surface area contributed by atoms with E-state index in [9.17, 15) is 24.3 Å². The van der Waals surface area contributed by atoms with Crippen molar-refractivity contribution in [3.8, 4) is 22.6 Å². The molecule has 50 heavy (non-hydrogen) atoms. The standard InChI is InChI=1S/C38H38ClN3O8/c1-38(2,3)35(44)49-26-15-25-11-7-8-12-27(25)28(16-26)29-17-33-31(18-30(29)39)42(21-24-19-41(20-24)37(46)47)34(43)32(50-33)13-14-40-36(45)48-22-23-9-5-4-6-10-23/h4-12,15-18,24,32H,13-14,19-22H2,1-3H3,(H,40,45)(H,46,47). The number of benzene rings is 4. The monoisotopic (exact) mass is 699 g/mol. The minimum atomic E-state index is -1.01. The second-order valence-corrected chi connectivity index (χ2v) is 13.9. The fraction of sp³-hybridized carbons (Fsp3) is 0.316. The van der Waals surface area contributed by atoms with Crippen LogP contribution in [-0.2, 0) is 20.9 Å². The smallest absolute Gasteiger partial charge is 0.407 e. The van der Waals surface area contributed by atoms with E-state index >= 15 is 0 Å². The number of nitrogens with one attached hydrogen (secondary N) is 1. The summed E-state index contributed by atoms with van der Waals surface area (Å²) >= 11 is 6.97.